The second kappa shape index (κ2) is 10.4. The largest absolute Gasteiger partial charge is 0.465 e. The van der Waals surface area contributed by atoms with Crippen molar-refractivity contribution in [1.29, 1.82) is 0 Å². The molecule has 0 saturated carbocycles. The van der Waals surface area contributed by atoms with Crippen molar-refractivity contribution >= 4 is 5.97 Å². The van der Waals surface area contributed by atoms with Gasteiger partial charge in [0.05, 0.1) is 18.6 Å². The number of hydrogen-bond acceptors (Lipinski definition) is 3. The molecule has 0 bridgehead atoms. The second-order valence-electron chi connectivity index (χ2n) is 10.3. The van der Waals surface area contributed by atoms with Crippen molar-refractivity contribution in [2.75, 3.05) is 6.61 Å². The molecule has 0 amide bonds. The van der Waals surface area contributed by atoms with E-state index in [1.165, 1.54) is 0 Å². The molecule has 1 aromatic rings. The highest BCUT2D eigenvalue weighted by molar-refractivity contribution is 5.77. The van der Waals surface area contributed by atoms with Gasteiger partial charge in [-0.2, -0.15) is 0 Å². The van der Waals surface area contributed by atoms with Gasteiger partial charge in [-0.3, -0.25) is 4.79 Å². The molecule has 0 saturated heterocycles. The molecular formula is C25H42O3. The van der Waals surface area contributed by atoms with Crippen LogP contribution in [0.15, 0.2) is 30.3 Å². The summed E-state index contributed by atoms with van der Waals surface area (Å²) >= 11 is 0. The molecule has 0 fully saturated rings. The van der Waals surface area contributed by atoms with Crippen molar-refractivity contribution in [2.45, 2.75) is 86.7 Å². The van der Waals surface area contributed by atoms with Crippen LogP contribution in [0.1, 0.15) is 86.1 Å². The van der Waals surface area contributed by atoms with E-state index in [9.17, 15) is 9.90 Å². The highest BCUT2D eigenvalue weighted by atomic mass is 16.5. The van der Waals surface area contributed by atoms with E-state index in [0.717, 1.165) is 18.4 Å². The maximum absolute atomic E-state index is 12.5. The molecule has 0 aromatic heterocycles. The Bertz CT molecular complexity index is 580. The lowest BCUT2D eigenvalue weighted by molar-refractivity contribution is -0.146. The second-order valence-corrected chi connectivity index (χ2v) is 10.3. The number of aliphatic hydroxyl groups is 1. The third-order valence-corrected chi connectivity index (χ3v) is 5.98. The zero-order valence-electron chi connectivity index (χ0n) is 19.3. The van der Waals surface area contributed by atoms with Gasteiger partial charge in [0.2, 0.25) is 0 Å². The first kappa shape index (κ1) is 24.7. The highest BCUT2D eigenvalue weighted by Crippen LogP contribution is 2.41. The van der Waals surface area contributed by atoms with Crippen LogP contribution < -0.4 is 0 Å². The predicted molar refractivity (Wildman–Crippen MR) is 117 cm³/mol. The molecule has 0 aliphatic rings. The van der Waals surface area contributed by atoms with Crippen LogP contribution in [-0.4, -0.2) is 23.8 Å². The van der Waals surface area contributed by atoms with E-state index in [0.29, 0.717) is 13.0 Å². The fourth-order valence-corrected chi connectivity index (χ4v) is 4.11. The van der Waals surface area contributed by atoms with E-state index in [4.69, 9.17) is 4.74 Å². The summed E-state index contributed by atoms with van der Waals surface area (Å²) in [6, 6.07) is 9.72. The number of esters is 1. The molecule has 1 N–H and O–H groups in total. The number of rotatable bonds is 9. The Morgan fingerprint density at radius 1 is 0.964 bits per heavy atom. The van der Waals surface area contributed by atoms with Gasteiger partial charge in [0.1, 0.15) is 0 Å². The first-order chi connectivity index (χ1) is 12.9. The van der Waals surface area contributed by atoms with Crippen LogP contribution in [-0.2, 0) is 9.53 Å². The van der Waals surface area contributed by atoms with Gasteiger partial charge < -0.3 is 9.84 Å². The maximum Gasteiger partial charge on any atom is 0.313 e. The fourth-order valence-electron chi connectivity index (χ4n) is 4.11. The van der Waals surface area contributed by atoms with Crippen LogP contribution in [0, 0.1) is 22.7 Å². The summed E-state index contributed by atoms with van der Waals surface area (Å²) in [7, 11) is 0. The Hall–Kier alpha value is -1.35. The molecule has 0 aliphatic carbocycles. The minimum absolute atomic E-state index is 0.0391. The number of aliphatic hydroxyl groups excluding tert-OH is 1. The third-order valence-electron chi connectivity index (χ3n) is 5.98. The molecule has 0 radical (unpaired) electrons. The number of hydrogen-bond donors (Lipinski definition) is 1. The van der Waals surface area contributed by atoms with Crippen LogP contribution in [0.2, 0.25) is 0 Å². The van der Waals surface area contributed by atoms with Gasteiger partial charge in [0, 0.05) is 0 Å². The van der Waals surface area contributed by atoms with E-state index >= 15 is 0 Å². The van der Waals surface area contributed by atoms with Gasteiger partial charge in [0.15, 0.2) is 0 Å². The summed E-state index contributed by atoms with van der Waals surface area (Å²) in [5.41, 5.74) is 0.946. The number of ether oxygens (including phenoxy) is 1. The predicted octanol–water partition coefficient (Wildman–Crippen LogP) is 6.21. The van der Waals surface area contributed by atoms with Crippen molar-refractivity contribution in [3.63, 3.8) is 0 Å². The Kier molecular flexibility index (Phi) is 9.20. The topological polar surface area (TPSA) is 46.5 Å². The number of benzene rings is 1. The summed E-state index contributed by atoms with van der Waals surface area (Å²) in [6.45, 7) is 17.5. The molecule has 28 heavy (non-hydrogen) atoms. The van der Waals surface area contributed by atoms with Gasteiger partial charge in [-0.05, 0) is 48.0 Å². The van der Waals surface area contributed by atoms with Gasteiger partial charge in [-0.25, -0.2) is 0 Å². The normalized spacial score (nSPS) is 16.9. The molecule has 4 unspecified atom stereocenters. The van der Waals surface area contributed by atoms with Crippen LogP contribution in [0.5, 0.6) is 0 Å². The van der Waals surface area contributed by atoms with Gasteiger partial charge in [-0.1, -0.05) is 85.2 Å². The van der Waals surface area contributed by atoms with Crippen molar-refractivity contribution in [3.05, 3.63) is 35.9 Å². The lowest BCUT2D eigenvalue weighted by atomic mass is 9.65. The van der Waals surface area contributed by atoms with E-state index in [-0.39, 0.29) is 34.6 Å². The minimum atomic E-state index is -0.412. The first-order valence-corrected chi connectivity index (χ1v) is 10.8. The first-order valence-electron chi connectivity index (χ1n) is 10.8. The Morgan fingerprint density at radius 3 is 1.93 bits per heavy atom. The molecule has 4 atom stereocenters. The molecule has 0 spiro atoms. The molecule has 0 aliphatic heterocycles. The highest BCUT2D eigenvalue weighted by Gasteiger charge is 2.39. The standard InChI is InChI=1S/C25H42O3/c1-9-13-20(24(3,4)5)22(26)21(25(6,7)8)16-17-28-23(27)18(2)19-14-11-10-12-15-19/h10-12,14-15,18,20-22,26H,9,13,16-17H2,1-8H3. The molecule has 0 heterocycles. The van der Waals surface area contributed by atoms with E-state index in [2.05, 4.69) is 48.5 Å². The SMILES string of the molecule is CCCC(C(O)C(CCOC(=O)C(C)c1ccccc1)C(C)(C)C)C(C)(C)C. The molecular weight excluding hydrogens is 348 g/mol. The van der Waals surface area contributed by atoms with Gasteiger partial charge in [-0.15, -0.1) is 0 Å². The van der Waals surface area contributed by atoms with Gasteiger partial charge >= 0.3 is 5.97 Å². The monoisotopic (exact) mass is 390 g/mol. The summed E-state index contributed by atoms with van der Waals surface area (Å²) in [5, 5.41) is 11.3. The fraction of sp³-hybridized carbons (Fsp3) is 0.720. The van der Waals surface area contributed by atoms with Crippen LogP contribution in [0.25, 0.3) is 0 Å². The van der Waals surface area contributed by atoms with Crippen LogP contribution >= 0.6 is 0 Å². The van der Waals surface area contributed by atoms with Gasteiger partial charge in [0.25, 0.3) is 0 Å². The minimum Gasteiger partial charge on any atom is -0.465 e. The van der Waals surface area contributed by atoms with Crippen LogP contribution in [0.4, 0.5) is 0 Å². The summed E-state index contributed by atoms with van der Waals surface area (Å²) in [4.78, 5) is 12.5. The smallest absolute Gasteiger partial charge is 0.313 e. The summed E-state index contributed by atoms with van der Waals surface area (Å²) in [6.07, 6.45) is 2.32. The molecule has 3 nitrogen and oxygen atoms in total. The third kappa shape index (κ3) is 7.24. The molecule has 1 aromatic carbocycles. The Balaban J connectivity index is 2.78. The molecule has 1 rings (SSSR count). The van der Waals surface area contributed by atoms with Crippen molar-refractivity contribution in [1.82, 2.24) is 0 Å². The van der Waals surface area contributed by atoms with Crippen molar-refractivity contribution in [2.24, 2.45) is 22.7 Å². The zero-order valence-corrected chi connectivity index (χ0v) is 19.3. The van der Waals surface area contributed by atoms with E-state index in [1.807, 2.05) is 37.3 Å². The average Bonchev–Trinajstić information content (AvgIpc) is 2.60. The zero-order chi connectivity index (χ0) is 21.5. The quantitative estimate of drug-likeness (QED) is 0.510. The molecule has 3 heteroatoms. The molecule has 160 valence electrons. The van der Waals surface area contributed by atoms with E-state index in [1.54, 1.807) is 0 Å². The maximum atomic E-state index is 12.5. The lowest BCUT2D eigenvalue weighted by Gasteiger charge is -2.43. The summed E-state index contributed by atoms with van der Waals surface area (Å²) < 4.78 is 5.61. The van der Waals surface area contributed by atoms with E-state index < -0.39 is 6.10 Å². The Labute approximate surface area is 172 Å². The summed E-state index contributed by atoms with van der Waals surface area (Å²) in [5.74, 6) is -0.181. The van der Waals surface area contributed by atoms with Crippen LogP contribution in [0.3, 0.4) is 0 Å². The number of carbonyl (C=O) groups excluding carboxylic acids is 1. The lowest BCUT2D eigenvalue weighted by Crippen LogP contribution is -2.43. The Morgan fingerprint density at radius 2 is 1.46 bits per heavy atom. The van der Waals surface area contributed by atoms with Crippen molar-refractivity contribution in [3.8, 4) is 0 Å². The number of carbonyl (C=O) groups is 1. The average molecular weight is 391 g/mol. The van der Waals surface area contributed by atoms with Crippen molar-refractivity contribution < 1.29 is 14.6 Å².